The number of nitrogens with zero attached hydrogens (tertiary/aromatic N) is 2. The van der Waals surface area contributed by atoms with Gasteiger partial charge < -0.3 is 20.5 Å². The average molecular weight is 404 g/mol. The maximum Gasteiger partial charge on any atom is 0.235 e. The van der Waals surface area contributed by atoms with Crippen molar-refractivity contribution in [2.45, 2.75) is 18.2 Å². The third-order valence-corrected chi connectivity index (χ3v) is 4.82. The minimum atomic E-state index is -3.43. The van der Waals surface area contributed by atoms with Crippen molar-refractivity contribution >= 4 is 27.2 Å². The topological polar surface area (TPSA) is 144 Å². The normalized spacial score (nSPS) is 10.8. The summed E-state index contributed by atoms with van der Waals surface area (Å²) in [5, 5.41) is 11.7. The van der Waals surface area contributed by atoms with Crippen molar-refractivity contribution in [1.29, 1.82) is 5.26 Å². The molecule has 0 fully saturated rings. The number of carbonyl (C=O) groups excluding carboxylic acids is 1. The Morgan fingerprint density at radius 2 is 2.07 bits per heavy atom. The van der Waals surface area contributed by atoms with Crippen LogP contribution in [0.2, 0.25) is 0 Å². The number of ether oxygens (including phenoxy) is 2. The van der Waals surface area contributed by atoms with E-state index in [1.165, 1.54) is 31.4 Å². The van der Waals surface area contributed by atoms with Crippen molar-refractivity contribution in [3.63, 3.8) is 0 Å². The minimum absolute atomic E-state index is 0.0250. The Kier molecular flexibility index (Phi) is 6.43. The number of pyridine rings is 1. The zero-order valence-electron chi connectivity index (χ0n) is 15.6. The molecule has 1 heterocycles. The third kappa shape index (κ3) is 4.89. The highest BCUT2D eigenvalue weighted by Crippen LogP contribution is 2.26. The first-order valence-corrected chi connectivity index (χ1v) is 10.1. The van der Waals surface area contributed by atoms with Gasteiger partial charge in [0.25, 0.3) is 0 Å². The number of aromatic nitrogens is 1. The number of nitrogens with one attached hydrogen (secondary N) is 1. The molecule has 0 saturated carbocycles. The number of amides is 1. The molecule has 9 nitrogen and oxygen atoms in total. The minimum Gasteiger partial charge on any atom is -0.496 e. The Labute approximate surface area is 163 Å². The monoisotopic (exact) mass is 404 g/mol. The lowest BCUT2D eigenvalue weighted by molar-refractivity contribution is -0.115. The lowest BCUT2D eigenvalue weighted by Gasteiger charge is -2.12. The van der Waals surface area contributed by atoms with Crippen LogP contribution in [-0.4, -0.2) is 39.3 Å². The number of anilines is 2. The summed E-state index contributed by atoms with van der Waals surface area (Å²) < 4.78 is 34.0. The van der Waals surface area contributed by atoms with Gasteiger partial charge in [-0.1, -0.05) is 0 Å². The van der Waals surface area contributed by atoms with Crippen LogP contribution in [0.4, 0.5) is 11.5 Å². The molecule has 0 aliphatic rings. The van der Waals surface area contributed by atoms with Crippen LogP contribution in [0.25, 0.3) is 0 Å². The molecule has 0 aliphatic heterocycles. The first kappa shape index (κ1) is 21.0. The third-order valence-electron chi connectivity index (χ3n) is 3.71. The highest BCUT2D eigenvalue weighted by Gasteiger charge is 2.17. The number of rotatable bonds is 7. The number of nitrogen functional groups attached to an aromatic ring is 1. The molecule has 3 N–H and O–H groups in total. The molecule has 10 heteroatoms. The zero-order valence-corrected chi connectivity index (χ0v) is 16.5. The standard InChI is InChI=1S/C18H20N4O5S/c1-4-27-18-13(10-19)14(20)9-16(22-18)21-17(23)8-11-7-12(28(3,24)25)5-6-15(11)26-2/h5-7,9H,4,8H2,1-3H3,(H3,20,21,22,23). The molecular weight excluding hydrogens is 384 g/mol. The number of sulfone groups is 1. The quantitative estimate of drug-likeness (QED) is 0.707. The van der Waals surface area contributed by atoms with Crippen molar-refractivity contribution in [2.75, 3.05) is 31.0 Å². The molecule has 28 heavy (non-hydrogen) atoms. The van der Waals surface area contributed by atoms with E-state index >= 15 is 0 Å². The van der Waals surface area contributed by atoms with Crippen molar-refractivity contribution in [3.05, 3.63) is 35.4 Å². The molecule has 0 radical (unpaired) electrons. The lowest BCUT2D eigenvalue weighted by atomic mass is 10.1. The smallest absolute Gasteiger partial charge is 0.235 e. The summed E-state index contributed by atoms with van der Waals surface area (Å²) in [6.45, 7) is 2.00. The maximum atomic E-state index is 12.4. The summed E-state index contributed by atoms with van der Waals surface area (Å²) in [5.74, 6) is 0.0491. The lowest BCUT2D eigenvalue weighted by Crippen LogP contribution is -2.17. The fourth-order valence-electron chi connectivity index (χ4n) is 2.44. The number of carbonyl (C=O) groups is 1. The number of nitrogens with two attached hydrogens (primary N) is 1. The highest BCUT2D eigenvalue weighted by atomic mass is 32.2. The van der Waals surface area contributed by atoms with Crippen molar-refractivity contribution in [3.8, 4) is 17.7 Å². The second kappa shape index (κ2) is 8.58. The van der Waals surface area contributed by atoms with Crippen molar-refractivity contribution < 1.29 is 22.7 Å². The molecule has 0 aliphatic carbocycles. The van der Waals surface area contributed by atoms with Gasteiger partial charge in [0.2, 0.25) is 11.8 Å². The van der Waals surface area contributed by atoms with E-state index in [1.54, 1.807) is 6.92 Å². The summed E-state index contributed by atoms with van der Waals surface area (Å²) in [5.41, 5.74) is 6.43. The van der Waals surface area contributed by atoms with Crippen molar-refractivity contribution in [2.24, 2.45) is 0 Å². The highest BCUT2D eigenvalue weighted by molar-refractivity contribution is 7.90. The van der Waals surface area contributed by atoms with E-state index in [9.17, 15) is 13.2 Å². The van der Waals surface area contributed by atoms with Crippen LogP contribution in [0.5, 0.6) is 11.6 Å². The fraction of sp³-hybridized carbons (Fsp3) is 0.278. The van der Waals surface area contributed by atoms with Crippen LogP contribution < -0.4 is 20.5 Å². The largest absolute Gasteiger partial charge is 0.496 e. The first-order valence-electron chi connectivity index (χ1n) is 8.19. The first-order chi connectivity index (χ1) is 13.2. The maximum absolute atomic E-state index is 12.4. The molecule has 2 rings (SSSR count). The second-order valence-electron chi connectivity index (χ2n) is 5.79. The zero-order chi connectivity index (χ0) is 20.9. The van der Waals surface area contributed by atoms with Crippen LogP contribution in [-0.2, 0) is 21.1 Å². The van der Waals surface area contributed by atoms with Gasteiger partial charge in [-0.05, 0) is 25.1 Å². The van der Waals surface area contributed by atoms with Gasteiger partial charge in [-0.15, -0.1) is 0 Å². The van der Waals surface area contributed by atoms with Crippen LogP contribution in [0, 0.1) is 11.3 Å². The van der Waals surface area contributed by atoms with Crippen molar-refractivity contribution in [1.82, 2.24) is 4.98 Å². The van der Waals surface area contributed by atoms with E-state index in [4.69, 9.17) is 20.5 Å². The fourth-order valence-corrected chi connectivity index (χ4v) is 3.11. The SMILES string of the molecule is CCOc1nc(NC(=O)Cc2cc(S(C)(=O)=O)ccc2OC)cc(N)c1C#N. The summed E-state index contributed by atoms with van der Waals surface area (Å²) in [7, 11) is -2.01. The van der Waals surface area contributed by atoms with Crippen LogP contribution in [0.15, 0.2) is 29.2 Å². The summed E-state index contributed by atoms with van der Waals surface area (Å²) in [6, 6.07) is 7.54. The molecule has 0 atom stereocenters. The van der Waals surface area contributed by atoms with Gasteiger partial charge in [-0.2, -0.15) is 10.2 Å². The van der Waals surface area contributed by atoms with E-state index in [-0.39, 0.29) is 40.9 Å². The van der Waals surface area contributed by atoms with Gasteiger partial charge in [0.05, 0.1) is 30.7 Å². The number of hydrogen-bond donors (Lipinski definition) is 2. The Morgan fingerprint density at radius 1 is 1.36 bits per heavy atom. The van der Waals surface area contributed by atoms with Gasteiger partial charge in [-0.3, -0.25) is 4.79 Å². The molecule has 0 spiro atoms. The van der Waals surface area contributed by atoms with E-state index in [0.29, 0.717) is 11.3 Å². The van der Waals surface area contributed by atoms with Gasteiger partial charge >= 0.3 is 0 Å². The van der Waals surface area contributed by atoms with E-state index in [1.807, 2.05) is 6.07 Å². The summed E-state index contributed by atoms with van der Waals surface area (Å²) in [4.78, 5) is 16.6. The molecule has 0 unspecified atom stereocenters. The van der Waals surface area contributed by atoms with Gasteiger partial charge in [0.1, 0.15) is 23.2 Å². The van der Waals surface area contributed by atoms with Gasteiger partial charge in [0, 0.05) is 17.9 Å². The molecule has 148 valence electrons. The van der Waals surface area contributed by atoms with E-state index < -0.39 is 15.7 Å². The molecule has 2 aromatic rings. The predicted octanol–water partition coefficient (Wildman–Crippen LogP) is 1.53. The number of hydrogen-bond acceptors (Lipinski definition) is 8. The van der Waals surface area contributed by atoms with Crippen LogP contribution in [0.1, 0.15) is 18.1 Å². The van der Waals surface area contributed by atoms with E-state index in [2.05, 4.69) is 10.3 Å². The number of nitriles is 1. The molecule has 0 saturated heterocycles. The number of methoxy groups -OCH3 is 1. The van der Waals surface area contributed by atoms with Gasteiger partial charge in [-0.25, -0.2) is 8.42 Å². The Morgan fingerprint density at radius 3 is 2.64 bits per heavy atom. The Hall–Kier alpha value is -3.32. The molecular formula is C18H20N4O5S. The summed E-state index contributed by atoms with van der Waals surface area (Å²) >= 11 is 0. The average Bonchev–Trinajstić information content (AvgIpc) is 2.61. The van der Waals surface area contributed by atoms with E-state index in [0.717, 1.165) is 6.26 Å². The predicted molar refractivity (Wildman–Crippen MR) is 103 cm³/mol. The van der Waals surface area contributed by atoms with Crippen LogP contribution >= 0.6 is 0 Å². The van der Waals surface area contributed by atoms with Gasteiger partial charge in [0.15, 0.2) is 9.84 Å². The Bertz CT molecular complexity index is 1040. The number of benzene rings is 1. The molecule has 1 aromatic heterocycles. The molecule has 1 aromatic carbocycles. The Balaban J connectivity index is 2.29. The summed E-state index contributed by atoms with van der Waals surface area (Å²) in [6.07, 6.45) is 0.926. The molecule has 0 bridgehead atoms. The van der Waals surface area contributed by atoms with Crippen LogP contribution in [0.3, 0.4) is 0 Å². The second-order valence-corrected chi connectivity index (χ2v) is 7.81. The molecule has 1 amide bonds.